The van der Waals surface area contributed by atoms with E-state index in [0.29, 0.717) is 6.61 Å². The lowest BCUT2D eigenvalue weighted by molar-refractivity contribution is -0.890. The van der Waals surface area contributed by atoms with Gasteiger partial charge in [-0.3, -0.25) is 0 Å². The number of quaternary nitrogens is 1. The number of H-pyrrole nitrogens is 4. The second kappa shape index (κ2) is 22.1. The third-order valence-electron chi connectivity index (χ3n) is 12.1. The number of nitrogens with zero attached hydrogens (tertiary/aromatic N) is 2. The molecule has 0 fully saturated rings. The summed E-state index contributed by atoms with van der Waals surface area (Å²) in [5.74, 6) is 1.80. The maximum absolute atomic E-state index is 6.29. The Bertz CT molecular complexity index is 2530. The summed E-state index contributed by atoms with van der Waals surface area (Å²) >= 11 is 0. The number of benzene rings is 2. The lowest BCUT2D eigenvalue weighted by Crippen LogP contribution is -2.42. The Labute approximate surface area is 369 Å². The number of hydrogen-bond donors (Lipinski definition) is 4. The molecule has 6 aromatic rings. The van der Waals surface area contributed by atoms with Gasteiger partial charge in [0.25, 0.3) is 0 Å². The molecule has 8 nitrogen and oxygen atoms in total. The summed E-state index contributed by atoms with van der Waals surface area (Å²) in [6.45, 7) is 7.11. The highest BCUT2D eigenvalue weighted by Crippen LogP contribution is 2.28. The van der Waals surface area contributed by atoms with Gasteiger partial charge in [-0.25, -0.2) is 0 Å². The summed E-state index contributed by atoms with van der Waals surface area (Å²) in [5, 5.41) is 4.12. The SMILES string of the molecule is CCCCCCCCCCCCOc1ccc(C2=c3ccc([nH]3)=Cc3ccc([nH]3)C=c3ccc([nH]3)=C(c3ccc(OCCC[N+](C)(C)CCCN(C)C)cc3)c3ccc2[nH]3)cc1. The van der Waals surface area contributed by atoms with Crippen LogP contribution >= 0.6 is 0 Å². The highest BCUT2D eigenvalue weighted by atomic mass is 16.5. The molecule has 8 heteroatoms. The van der Waals surface area contributed by atoms with Crippen molar-refractivity contribution < 1.29 is 14.0 Å². The molecule has 62 heavy (non-hydrogen) atoms. The Morgan fingerprint density at radius 3 is 1.44 bits per heavy atom. The number of unbranched alkanes of at least 4 members (excludes halogenated alkanes) is 9. The van der Waals surface area contributed by atoms with Crippen LogP contribution in [0.15, 0.2) is 97.1 Å². The van der Waals surface area contributed by atoms with Crippen molar-refractivity contribution in [1.29, 1.82) is 0 Å². The van der Waals surface area contributed by atoms with E-state index in [1.807, 2.05) is 0 Å². The zero-order valence-electron chi connectivity index (χ0n) is 38.1. The first-order valence-electron chi connectivity index (χ1n) is 23.4. The highest BCUT2D eigenvalue weighted by Gasteiger charge is 2.17. The molecule has 5 heterocycles. The van der Waals surface area contributed by atoms with E-state index in [-0.39, 0.29) is 0 Å². The third kappa shape index (κ3) is 12.8. The lowest BCUT2D eigenvalue weighted by atomic mass is 10.0. The van der Waals surface area contributed by atoms with E-state index in [0.717, 1.165) is 115 Å². The summed E-state index contributed by atoms with van der Waals surface area (Å²) in [6, 6.07) is 34.5. The minimum atomic E-state index is 0.699. The van der Waals surface area contributed by atoms with Crippen molar-refractivity contribution >= 4 is 23.3 Å². The van der Waals surface area contributed by atoms with E-state index < -0.39 is 0 Å². The summed E-state index contributed by atoms with van der Waals surface area (Å²) in [7, 11) is 8.93. The average Bonchev–Trinajstić information content (AvgIpc) is 4.10. The van der Waals surface area contributed by atoms with Crippen LogP contribution < -0.4 is 30.9 Å². The van der Waals surface area contributed by atoms with E-state index in [9.17, 15) is 0 Å². The molecule has 0 aliphatic carbocycles. The van der Waals surface area contributed by atoms with Crippen molar-refractivity contribution in [3.8, 4) is 11.5 Å². The van der Waals surface area contributed by atoms with Crippen molar-refractivity contribution in [3.05, 3.63) is 152 Å². The Morgan fingerprint density at radius 2 is 0.935 bits per heavy atom. The highest BCUT2D eigenvalue weighted by molar-refractivity contribution is 5.82. The molecule has 7 rings (SSSR count). The number of hydrogen-bond acceptors (Lipinski definition) is 3. The standard InChI is InChI=1S/C54H71N6O2/c1-6-7-8-9-10-11-12-13-14-15-37-61-47-26-18-41(19-27-47)53-49-30-24-45(56-49)39-43-22-23-44(55-43)40-46-25-31-50(57-46)54(52-33-32-51(53)58-52)42-20-28-48(29-21-42)62-38-17-36-60(4,5)35-16-34-59(2)3/h18-33,39-40,55-58H,6-17,34-38H2,1-5H3/q+1. The van der Waals surface area contributed by atoms with Gasteiger partial charge in [-0.2, -0.15) is 0 Å². The van der Waals surface area contributed by atoms with Crippen molar-refractivity contribution in [3.63, 3.8) is 0 Å². The first kappa shape index (κ1) is 44.6. The Kier molecular flexibility index (Phi) is 15.9. The molecule has 4 aromatic heterocycles. The van der Waals surface area contributed by atoms with Gasteiger partial charge in [-0.1, -0.05) is 89.0 Å². The topological polar surface area (TPSA) is 84.9 Å². The van der Waals surface area contributed by atoms with E-state index >= 15 is 0 Å². The van der Waals surface area contributed by atoms with Gasteiger partial charge in [0.2, 0.25) is 0 Å². The molecule has 4 N–H and O–H groups in total. The first-order chi connectivity index (χ1) is 30.2. The summed E-state index contributed by atoms with van der Waals surface area (Å²) in [4.78, 5) is 17.1. The molecule has 0 radical (unpaired) electrons. The van der Waals surface area contributed by atoms with Gasteiger partial charge in [0, 0.05) is 74.7 Å². The monoisotopic (exact) mass is 836 g/mol. The fraction of sp³-hybridized carbons (Fsp3) is 0.407. The van der Waals surface area contributed by atoms with Crippen LogP contribution in [-0.2, 0) is 0 Å². The number of rotatable bonds is 23. The maximum Gasteiger partial charge on any atom is 0.119 e. The Morgan fingerprint density at radius 1 is 0.468 bits per heavy atom. The van der Waals surface area contributed by atoms with E-state index in [1.165, 1.54) is 70.8 Å². The second-order valence-electron chi connectivity index (χ2n) is 18.2. The molecular weight excluding hydrogens is 765 g/mol. The second-order valence-corrected chi connectivity index (χ2v) is 18.2. The van der Waals surface area contributed by atoms with Crippen LogP contribution in [0.4, 0.5) is 0 Å². The number of aromatic nitrogens is 4. The van der Waals surface area contributed by atoms with Crippen molar-refractivity contribution in [2.45, 2.75) is 84.0 Å². The first-order valence-corrected chi connectivity index (χ1v) is 23.4. The molecule has 1 aliphatic heterocycles. The van der Waals surface area contributed by atoms with Gasteiger partial charge >= 0.3 is 0 Å². The van der Waals surface area contributed by atoms with Crippen LogP contribution in [0.1, 0.15) is 118 Å². The van der Waals surface area contributed by atoms with E-state index in [2.05, 4.69) is 169 Å². The van der Waals surface area contributed by atoms with Gasteiger partial charge < -0.3 is 38.8 Å². The minimum Gasteiger partial charge on any atom is -0.494 e. The fourth-order valence-corrected chi connectivity index (χ4v) is 8.64. The van der Waals surface area contributed by atoms with Crippen molar-refractivity contribution in [1.82, 2.24) is 24.8 Å². The lowest BCUT2D eigenvalue weighted by Gasteiger charge is -2.30. The Balaban J connectivity index is 1.10. The predicted molar refractivity (Wildman–Crippen MR) is 257 cm³/mol. The zero-order valence-corrected chi connectivity index (χ0v) is 38.1. The molecule has 0 spiro atoms. The van der Waals surface area contributed by atoms with Crippen LogP contribution in [0.25, 0.3) is 23.3 Å². The summed E-state index contributed by atoms with van der Waals surface area (Å²) in [5.41, 5.74) is 8.52. The van der Waals surface area contributed by atoms with Crippen LogP contribution in [-0.4, -0.2) is 90.4 Å². The smallest absolute Gasteiger partial charge is 0.119 e. The summed E-state index contributed by atoms with van der Waals surface area (Å²) < 4.78 is 13.5. The quantitative estimate of drug-likeness (QED) is 0.0385. The largest absolute Gasteiger partial charge is 0.494 e. The zero-order chi connectivity index (χ0) is 43.2. The minimum absolute atomic E-state index is 0.699. The fourth-order valence-electron chi connectivity index (χ4n) is 8.64. The van der Waals surface area contributed by atoms with Gasteiger partial charge in [-0.15, -0.1) is 0 Å². The number of nitrogens with one attached hydrogen (secondary N) is 4. The third-order valence-corrected chi connectivity index (χ3v) is 12.1. The van der Waals surface area contributed by atoms with E-state index in [1.54, 1.807) is 0 Å². The van der Waals surface area contributed by atoms with Gasteiger partial charge in [0.05, 0.1) is 40.4 Å². The van der Waals surface area contributed by atoms with Gasteiger partial charge in [0.15, 0.2) is 0 Å². The molecule has 0 saturated heterocycles. The molecule has 8 bridgehead atoms. The van der Waals surface area contributed by atoms with Gasteiger partial charge in [0.1, 0.15) is 11.5 Å². The predicted octanol–water partition coefficient (Wildman–Crippen LogP) is 8.56. The van der Waals surface area contributed by atoms with Crippen molar-refractivity contribution in [2.75, 3.05) is 61.0 Å². The number of fused-ring (bicyclic) bond motifs is 8. The number of ether oxygens (including phenoxy) is 2. The molecular formula is C54H71N6O2+. The average molecular weight is 836 g/mol. The van der Waals surface area contributed by atoms with Crippen LogP contribution in [0, 0.1) is 0 Å². The molecule has 0 atom stereocenters. The van der Waals surface area contributed by atoms with Crippen LogP contribution in [0.2, 0.25) is 0 Å². The number of aromatic amines is 4. The summed E-state index contributed by atoms with van der Waals surface area (Å²) in [6.07, 6.45) is 19.7. The maximum atomic E-state index is 6.29. The molecule has 2 aromatic carbocycles. The van der Waals surface area contributed by atoms with Crippen molar-refractivity contribution in [2.24, 2.45) is 0 Å². The normalized spacial score (nSPS) is 12.7. The van der Waals surface area contributed by atoms with Gasteiger partial charge in [-0.05, 0) is 117 Å². The molecule has 1 aliphatic rings. The van der Waals surface area contributed by atoms with Crippen LogP contribution in [0.3, 0.4) is 0 Å². The molecule has 0 unspecified atom stereocenters. The molecule has 0 amide bonds. The van der Waals surface area contributed by atoms with Crippen LogP contribution in [0.5, 0.6) is 11.5 Å². The Hall–Kier alpha value is -5.44. The molecule has 328 valence electrons. The van der Waals surface area contributed by atoms with E-state index in [4.69, 9.17) is 9.47 Å². The molecule has 0 saturated carbocycles.